The van der Waals surface area contributed by atoms with Gasteiger partial charge in [-0.2, -0.15) is 0 Å². The first kappa shape index (κ1) is 27.5. The molecule has 4 rings (SSSR count). The fourth-order valence-corrected chi connectivity index (χ4v) is 4.36. The van der Waals surface area contributed by atoms with Crippen LogP contribution in [0.5, 0.6) is 17.2 Å². The lowest BCUT2D eigenvalue weighted by Gasteiger charge is -2.18. The molecule has 202 valence electrons. The standard InChI is InChI=1S/C29H28ClN3O6/c1-17-8-10-22(37-2)21(14-17)33-28(35)25(30)26(29(33)36)32-20-7-5-6-19(16-20)27(34)31-13-12-18-9-11-23(38-3)24(15-18)39-4/h5-11,14-16,32H,12-13H2,1-4H3,(H,31,34). The molecule has 0 aromatic heterocycles. The Hall–Kier alpha value is -4.50. The van der Waals surface area contributed by atoms with Crippen LogP contribution in [0, 0.1) is 6.92 Å². The average Bonchev–Trinajstić information content (AvgIpc) is 3.15. The van der Waals surface area contributed by atoms with Crippen LogP contribution >= 0.6 is 11.6 Å². The van der Waals surface area contributed by atoms with Crippen molar-refractivity contribution in [2.75, 3.05) is 38.1 Å². The maximum absolute atomic E-state index is 13.2. The Bertz CT molecular complexity index is 1470. The van der Waals surface area contributed by atoms with Crippen LogP contribution in [0.25, 0.3) is 0 Å². The van der Waals surface area contributed by atoms with E-state index in [9.17, 15) is 14.4 Å². The molecule has 0 aliphatic carbocycles. The number of carbonyl (C=O) groups is 3. The van der Waals surface area contributed by atoms with E-state index in [0.29, 0.717) is 47.2 Å². The maximum atomic E-state index is 13.2. The number of ether oxygens (including phenoxy) is 3. The molecule has 3 aromatic rings. The minimum absolute atomic E-state index is 0.0868. The largest absolute Gasteiger partial charge is 0.495 e. The topological polar surface area (TPSA) is 106 Å². The van der Waals surface area contributed by atoms with Crippen LogP contribution in [-0.2, 0) is 16.0 Å². The van der Waals surface area contributed by atoms with Gasteiger partial charge in [0, 0.05) is 17.8 Å². The molecule has 9 nitrogen and oxygen atoms in total. The summed E-state index contributed by atoms with van der Waals surface area (Å²) in [6.07, 6.45) is 0.585. The Morgan fingerprint density at radius 1 is 0.872 bits per heavy atom. The zero-order valence-corrected chi connectivity index (χ0v) is 22.7. The van der Waals surface area contributed by atoms with E-state index in [4.69, 9.17) is 25.8 Å². The molecule has 2 N–H and O–H groups in total. The van der Waals surface area contributed by atoms with E-state index in [-0.39, 0.29) is 16.6 Å². The summed E-state index contributed by atoms with van der Waals surface area (Å²) in [6, 6.07) is 17.3. The number of hydrogen-bond donors (Lipinski definition) is 2. The van der Waals surface area contributed by atoms with Gasteiger partial charge in [-0.05, 0) is 66.9 Å². The van der Waals surface area contributed by atoms with Crippen LogP contribution in [-0.4, -0.2) is 45.6 Å². The summed E-state index contributed by atoms with van der Waals surface area (Å²) >= 11 is 6.29. The Labute approximate surface area is 231 Å². The first-order valence-electron chi connectivity index (χ1n) is 12.1. The molecule has 39 heavy (non-hydrogen) atoms. The number of methoxy groups -OCH3 is 3. The van der Waals surface area contributed by atoms with Gasteiger partial charge >= 0.3 is 0 Å². The van der Waals surface area contributed by atoms with Gasteiger partial charge in [-0.3, -0.25) is 14.4 Å². The summed E-state index contributed by atoms with van der Waals surface area (Å²) in [5, 5.41) is 5.54. The molecule has 0 radical (unpaired) electrons. The number of nitrogens with zero attached hydrogens (tertiary/aromatic N) is 1. The highest BCUT2D eigenvalue weighted by atomic mass is 35.5. The third-order valence-electron chi connectivity index (χ3n) is 6.14. The summed E-state index contributed by atoms with van der Waals surface area (Å²) in [7, 11) is 4.60. The lowest BCUT2D eigenvalue weighted by Crippen LogP contribution is -2.32. The molecule has 0 saturated carbocycles. The highest BCUT2D eigenvalue weighted by Crippen LogP contribution is 2.36. The van der Waals surface area contributed by atoms with Crippen LogP contribution in [0.4, 0.5) is 11.4 Å². The highest BCUT2D eigenvalue weighted by Gasteiger charge is 2.40. The average molecular weight is 550 g/mol. The number of amides is 3. The summed E-state index contributed by atoms with van der Waals surface area (Å²) in [6.45, 7) is 2.23. The molecule has 3 amide bonds. The Morgan fingerprint density at radius 2 is 1.59 bits per heavy atom. The van der Waals surface area contributed by atoms with Crippen LogP contribution in [0.15, 0.2) is 71.4 Å². The molecule has 0 unspecified atom stereocenters. The van der Waals surface area contributed by atoms with Crippen molar-refractivity contribution in [1.82, 2.24) is 5.32 Å². The summed E-state index contributed by atoms with van der Waals surface area (Å²) < 4.78 is 15.9. The van der Waals surface area contributed by atoms with E-state index >= 15 is 0 Å². The summed E-state index contributed by atoms with van der Waals surface area (Å²) in [4.78, 5) is 39.9. The molecule has 10 heteroatoms. The number of benzene rings is 3. The third kappa shape index (κ3) is 5.83. The van der Waals surface area contributed by atoms with Crippen LogP contribution in [0.3, 0.4) is 0 Å². The minimum atomic E-state index is -0.669. The molecule has 1 aliphatic heterocycles. The molecule has 0 bridgehead atoms. The molecule has 0 spiro atoms. The van der Waals surface area contributed by atoms with Gasteiger partial charge in [0.15, 0.2) is 11.5 Å². The second kappa shape index (κ2) is 11.9. The maximum Gasteiger partial charge on any atom is 0.283 e. The van der Waals surface area contributed by atoms with Crippen LogP contribution in [0.2, 0.25) is 0 Å². The fraction of sp³-hybridized carbons (Fsp3) is 0.207. The third-order valence-corrected chi connectivity index (χ3v) is 6.49. The van der Waals surface area contributed by atoms with Crippen molar-refractivity contribution in [3.8, 4) is 17.2 Å². The number of nitrogens with one attached hydrogen (secondary N) is 2. The zero-order valence-electron chi connectivity index (χ0n) is 22.0. The molecule has 1 heterocycles. The number of anilines is 2. The lowest BCUT2D eigenvalue weighted by molar-refractivity contribution is -0.120. The summed E-state index contributed by atoms with van der Waals surface area (Å²) in [5.74, 6) is 0.0237. The quantitative estimate of drug-likeness (QED) is 0.360. The first-order valence-corrected chi connectivity index (χ1v) is 12.4. The number of rotatable bonds is 10. The van der Waals surface area contributed by atoms with Crippen molar-refractivity contribution in [1.29, 1.82) is 0 Å². The molecule has 3 aromatic carbocycles. The second-order valence-electron chi connectivity index (χ2n) is 8.71. The molecular formula is C29H28ClN3O6. The normalized spacial score (nSPS) is 13.0. The van der Waals surface area contributed by atoms with E-state index in [0.717, 1.165) is 16.0 Å². The van der Waals surface area contributed by atoms with Crippen LogP contribution in [0.1, 0.15) is 21.5 Å². The molecule has 0 atom stereocenters. The van der Waals surface area contributed by atoms with Gasteiger partial charge in [-0.1, -0.05) is 29.8 Å². The predicted molar refractivity (Wildman–Crippen MR) is 149 cm³/mol. The van der Waals surface area contributed by atoms with Gasteiger partial charge in [0.1, 0.15) is 16.5 Å². The van der Waals surface area contributed by atoms with Crippen LogP contribution < -0.4 is 29.7 Å². The fourth-order valence-electron chi connectivity index (χ4n) is 4.15. The van der Waals surface area contributed by atoms with E-state index in [1.165, 1.54) is 7.11 Å². The van der Waals surface area contributed by atoms with Gasteiger partial charge < -0.3 is 24.8 Å². The number of carbonyl (C=O) groups excluding carboxylic acids is 3. The monoisotopic (exact) mass is 549 g/mol. The van der Waals surface area contributed by atoms with Gasteiger partial charge in [0.25, 0.3) is 17.7 Å². The lowest BCUT2D eigenvalue weighted by atomic mass is 10.1. The van der Waals surface area contributed by atoms with E-state index in [1.807, 2.05) is 31.2 Å². The van der Waals surface area contributed by atoms with Gasteiger partial charge in [0.05, 0.1) is 27.0 Å². The van der Waals surface area contributed by atoms with Crippen molar-refractivity contribution < 1.29 is 28.6 Å². The van der Waals surface area contributed by atoms with E-state index < -0.39 is 11.8 Å². The Kier molecular flexibility index (Phi) is 8.41. The van der Waals surface area contributed by atoms with Gasteiger partial charge in [-0.25, -0.2) is 4.90 Å². The minimum Gasteiger partial charge on any atom is -0.495 e. The predicted octanol–water partition coefficient (Wildman–Crippen LogP) is 4.43. The van der Waals surface area contributed by atoms with Gasteiger partial charge in [0.2, 0.25) is 0 Å². The zero-order chi connectivity index (χ0) is 28.1. The van der Waals surface area contributed by atoms with E-state index in [1.54, 1.807) is 50.6 Å². The molecule has 0 saturated heterocycles. The molecule has 1 aliphatic rings. The van der Waals surface area contributed by atoms with Crippen molar-refractivity contribution >= 4 is 40.7 Å². The summed E-state index contributed by atoms with van der Waals surface area (Å²) in [5.41, 5.74) is 2.83. The molecular weight excluding hydrogens is 522 g/mol. The number of aryl methyl sites for hydroxylation is 1. The van der Waals surface area contributed by atoms with Crippen molar-refractivity contribution in [2.24, 2.45) is 0 Å². The highest BCUT2D eigenvalue weighted by molar-refractivity contribution is 6.53. The Balaban J connectivity index is 1.44. The second-order valence-corrected chi connectivity index (χ2v) is 9.09. The number of halogens is 1. The van der Waals surface area contributed by atoms with Crippen molar-refractivity contribution in [3.63, 3.8) is 0 Å². The first-order chi connectivity index (χ1) is 18.8. The SMILES string of the molecule is COc1ccc(CCNC(=O)c2cccc(NC3=C(Cl)C(=O)N(c4cc(C)ccc4OC)C3=O)c2)cc1OC. The number of imide groups is 1. The van der Waals surface area contributed by atoms with Crippen molar-refractivity contribution in [3.05, 3.63) is 88.1 Å². The smallest absolute Gasteiger partial charge is 0.283 e. The number of hydrogen-bond acceptors (Lipinski definition) is 7. The Morgan fingerprint density at radius 3 is 2.31 bits per heavy atom. The van der Waals surface area contributed by atoms with Crippen molar-refractivity contribution in [2.45, 2.75) is 13.3 Å². The van der Waals surface area contributed by atoms with Gasteiger partial charge in [-0.15, -0.1) is 0 Å². The van der Waals surface area contributed by atoms with E-state index in [2.05, 4.69) is 10.6 Å². The molecule has 0 fully saturated rings.